The van der Waals surface area contributed by atoms with Crippen molar-refractivity contribution in [2.75, 3.05) is 26.7 Å². The van der Waals surface area contributed by atoms with Crippen LogP contribution in [0.4, 0.5) is 0 Å². The maximum absolute atomic E-state index is 5.40. The van der Waals surface area contributed by atoms with Gasteiger partial charge in [-0.1, -0.05) is 6.07 Å². The minimum atomic E-state index is -0.261. The Bertz CT molecular complexity index is 664. The highest BCUT2D eigenvalue weighted by molar-refractivity contribution is 5.79. The summed E-state index contributed by atoms with van der Waals surface area (Å²) in [6.45, 7) is 8.36. The summed E-state index contributed by atoms with van der Waals surface area (Å²) < 4.78 is 7.43. The fourth-order valence-corrected chi connectivity index (χ4v) is 2.19. The van der Waals surface area contributed by atoms with Crippen molar-refractivity contribution in [2.45, 2.75) is 39.2 Å². The molecule has 7 nitrogen and oxygen atoms in total. The molecule has 2 aromatic heterocycles. The van der Waals surface area contributed by atoms with Crippen LogP contribution in [0.1, 0.15) is 33.0 Å². The highest BCUT2D eigenvalue weighted by atomic mass is 16.5. The molecular weight excluding hydrogens is 304 g/mol. The van der Waals surface area contributed by atoms with Crippen molar-refractivity contribution in [3.8, 4) is 0 Å². The lowest BCUT2D eigenvalue weighted by atomic mass is 10.1. The Morgan fingerprint density at radius 2 is 2.12 bits per heavy atom. The van der Waals surface area contributed by atoms with E-state index in [9.17, 15) is 0 Å². The Labute approximate surface area is 143 Å². The van der Waals surface area contributed by atoms with E-state index in [4.69, 9.17) is 4.74 Å². The van der Waals surface area contributed by atoms with E-state index >= 15 is 0 Å². The van der Waals surface area contributed by atoms with Crippen LogP contribution < -0.4 is 10.6 Å². The van der Waals surface area contributed by atoms with Crippen LogP contribution in [0, 0.1) is 0 Å². The van der Waals surface area contributed by atoms with Gasteiger partial charge >= 0.3 is 0 Å². The normalized spacial score (nSPS) is 12.6. The topological polar surface area (TPSA) is 75.8 Å². The molecule has 24 heavy (non-hydrogen) atoms. The molecule has 0 unspecified atom stereocenters. The zero-order chi connectivity index (χ0) is 17.4. The molecule has 2 aromatic rings. The number of guanidine groups is 1. The zero-order valence-electron chi connectivity index (χ0n) is 15.0. The van der Waals surface area contributed by atoms with Gasteiger partial charge in [-0.15, -0.1) is 10.2 Å². The molecule has 0 aliphatic heterocycles. The summed E-state index contributed by atoms with van der Waals surface area (Å²) in [5.74, 6) is 1.79. The number of pyridine rings is 1. The third-order valence-corrected chi connectivity index (χ3v) is 3.77. The van der Waals surface area contributed by atoms with Crippen LogP contribution in [0.2, 0.25) is 0 Å². The fraction of sp³-hybridized carbons (Fsp3) is 0.588. The van der Waals surface area contributed by atoms with E-state index in [1.165, 1.54) is 0 Å². The molecule has 7 heteroatoms. The van der Waals surface area contributed by atoms with Crippen molar-refractivity contribution in [3.05, 3.63) is 30.2 Å². The molecule has 0 atom stereocenters. The van der Waals surface area contributed by atoms with E-state index in [-0.39, 0.29) is 5.60 Å². The first-order valence-corrected chi connectivity index (χ1v) is 8.41. The molecule has 2 heterocycles. The van der Waals surface area contributed by atoms with Crippen molar-refractivity contribution in [1.29, 1.82) is 0 Å². The molecule has 0 bridgehead atoms. The summed E-state index contributed by atoms with van der Waals surface area (Å²) in [7, 11) is 1.71. The lowest BCUT2D eigenvalue weighted by molar-refractivity contribution is 0.0310. The van der Waals surface area contributed by atoms with Gasteiger partial charge in [0.25, 0.3) is 0 Å². The summed E-state index contributed by atoms with van der Waals surface area (Å²) in [5.41, 5.74) is 0.625. The van der Waals surface area contributed by atoms with Crippen molar-refractivity contribution in [1.82, 2.24) is 25.2 Å². The van der Waals surface area contributed by atoms with Crippen molar-refractivity contribution in [3.63, 3.8) is 0 Å². The highest BCUT2D eigenvalue weighted by Crippen LogP contribution is 2.07. The summed E-state index contributed by atoms with van der Waals surface area (Å²) in [5, 5.41) is 15.0. The number of nitrogens with one attached hydrogen (secondary N) is 2. The van der Waals surface area contributed by atoms with Gasteiger partial charge in [-0.25, -0.2) is 0 Å². The van der Waals surface area contributed by atoms with Crippen molar-refractivity contribution < 1.29 is 4.74 Å². The summed E-state index contributed by atoms with van der Waals surface area (Å²) >= 11 is 0. The van der Waals surface area contributed by atoms with Crippen LogP contribution in [0.3, 0.4) is 0 Å². The molecule has 0 saturated carbocycles. The number of ether oxygens (including phenoxy) is 1. The number of rotatable bonds is 8. The monoisotopic (exact) mass is 332 g/mol. The second kappa shape index (κ2) is 8.63. The number of hydrogen-bond donors (Lipinski definition) is 2. The van der Waals surface area contributed by atoms with E-state index in [1.54, 1.807) is 7.11 Å². The van der Waals surface area contributed by atoms with Crippen LogP contribution >= 0.6 is 0 Å². The van der Waals surface area contributed by atoms with Gasteiger partial charge in [0.15, 0.2) is 11.6 Å². The zero-order valence-corrected chi connectivity index (χ0v) is 15.0. The molecular formula is C17H28N6O. The number of fused-ring (bicyclic) bond motifs is 1. The standard InChI is InChI=1S/C17H28N6O/c1-5-18-16(20-13-17(2,3)24-4)19-11-8-10-15-22-21-14-9-6-7-12-23(14)15/h6-7,9,12H,5,8,10-11,13H2,1-4H3,(H2,18,19,20). The van der Waals surface area contributed by atoms with Gasteiger partial charge in [-0.3, -0.25) is 9.39 Å². The van der Waals surface area contributed by atoms with Gasteiger partial charge in [0, 0.05) is 32.8 Å². The molecule has 2 N–H and O–H groups in total. The molecule has 0 spiro atoms. The Morgan fingerprint density at radius 1 is 1.29 bits per heavy atom. The van der Waals surface area contributed by atoms with Crippen LogP contribution in [0.5, 0.6) is 0 Å². The number of nitrogens with zero attached hydrogens (tertiary/aromatic N) is 4. The summed E-state index contributed by atoms with van der Waals surface area (Å²) in [6, 6.07) is 5.92. The maximum atomic E-state index is 5.40. The van der Waals surface area contributed by atoms with Gasteiger partial charge in [-0.2, -0.15) is 0 Å². The minimum absolute atomic E-state index is 0.261. The first-order chi connectivity index (χ1) is 11.6. The third kappa shape index (κ3) is 5.19. The maximum Gasteiger partial charge on any atom is 0.191 e. The first-order valence-electron chi connectivity index (χ1n) is 8.41. The lowest BCUT2D eigenvalue weighted by Gasteiger charge is -2.21. The van der Waals surface area contributed by atoms with Gasteiger partial charge in [0.05, 0.1) is 12.1 Å². The molecule has 0 amide bonds. The largest absolute Gasteiger partial charge is 0.377 e. The van der Waals surface area contributed by atoms with Crippen LogP contribution in [-0.4, -0.2) is 52.9 Å². The Balaban J connectivity index is 1.83. The van der Waals surface area contributed by atoms with E-state index in [0.29, 0.717) is 6.54 Å². The quantitative estimate of drug-likeness (QED) is 0.437. The number of methoxy groups -OCH3 is 1. The fourth-order valence-electron chi connectivity index (χ4n) is 2.19. The summed E-state index contributed by atoms with van der Waals surface area (Å²) in [4.78, 5) is 4.58. The molecule has 0 radical (unpaired) electrons. The third-order valence-electron chi connectivity index (χ3n) is 3.77. The average molecular weight is 332 g/mol. The first kappa shape index (κ1) is 18.2. The smallest absolute Gasteiger partial charge is 0.191 e. The molecule has 132 valence electrons. The number of aliphatic imine (C=N–C) groups is 1. The van der Waals surface area contributed by atoms with E-state index in [2.05, 4.69) is 32.7 Å². The van der Waals surface area contributed by atoms with Gasteiger partial charge in [-0.05, 0) is 39.3 Å². The molecule has 0 aliphatic carbocycles. The predicted octanol–water partition coefficient (Wildman–Crippen LogP) is 1.64. The van der Waals surface area contributed by atoms with Crippen LogP contribution in [0.25, 0.3) is 5.65 Å². The lowest BCUT2D eigenvalue weighted by Crippen LogP contribution is -2.39. The number of hydrogen-bond acceptors (Lipinski definition) is 4. The van der Waals surface area contributed by atoms with E-state index in [0.717, 1.165) is 43.4 Å². The summed E-state index contributed by atoms with van der Waals surface area (Å²) in [6.07, 6.45) is 3.81. The molecule has 0 aliphatic rings. The Hall–Kier alpha value is -2.15. The molecule has 0 fully saturated rings. The number of aromatic nitrogens is 3. The minimum Gasteiger partial charge on any atom is -0.377 e. The molecule has 0 saturated heterocycles. The SMILES string of the molecule is CCNC(=NCC(C)(C)OC)NCCCc1nnc2ccccn12. The van der Waals surface area contributed by atoms with Gasteiger partial charge in [0.2, 0.25) is 0 Å². The number of aryl methyl sites for hydroxylation is 1. The van der Waals surface area contributed by atoms with E-state index < -0.39 is 0 Å². The predicted molar refractivity (Wildman–Crippen MR) is 96.4 cm³/mol. The second-order valence-corrected chi connectivity index (χ2v) is 6.23. The van der Waals surface area contributed by atoms with E-state index in [1.807, 2.05) is 42.6 Å². The van der Waals surface area contributed by atoms with Crippen LogP contribution in [0.15, 0.2) is 29.4 Å². The molecule has 0 aromatic carbocycles. The van der Waals surface area contributed by atoms with Gasteiger partial charge < -0.3 is 15.4 Å². The Kier molecular flexibility index (Phi) is 6.54. The van der Waals surface area contributed by atoms with Crippen LogP contribution in [-0.2, 0) is 11.2 Å². The van der Waals surface area contributed by atoms with Crippen molar-refractivity contribution in [2.24, 2.45) is 4.99 Å². The molecule has 2 rings (SSSR count). The second-order valence-electron chi connectivity index (χ2n) is 6.23. The average Bonchev–Trinajstić information content (AvgIpc) is 3.00. The van der Waals surface area contributed by atoms with Gasteiger partial charge in [0.1, 0.15) is 5.82 Å². The van der Waals surface area contributed by atoms with Crippen molar-refractivity contribution >= 4 is 11.6 Å². The Morgan fingerprint density at radius 3 is 2.88 bits per heavy atom. The highest BCUT2D eigenvalue weighted by Gasteiger charge is 2.15.